The number of ketones is 2. The summed E-state index contributed by atoms with van der Waals surface area (Å²) < 4.78 is 5.56. The smallest absolute Gasteiger partial charge is 0.338 e. The van der Waals surface area contributed by atoms with E-state index in [9.17, 15) is 28.8 Å². The van der Waals surface area contributed by atoms with Gasteiger partial charge in [0.05, 0.1) is 28.9 Å². The Bertz CT molecular complexity index is 2080. The van der Waals surface area contributed by atoms with Crippen molar-refractivity contribution in [1.82, 2.24) is 19.8 Å². The molecule has 0 aliphatic heterocycles. The molecule has 1 unspecified atom stereocenters. The molecule has 57 heavy (non-hydrogen) atoms. The summed E-state index contributed by atoms with van der Waals surface area (Å²) in [5.41, 5.74) is 2.29. The summed E-state index contributed by atoms with van der Waals surface area (Å²) in [6, 6.07) is 13.9. The number of Topliss-reactive ketones (excluding diaryl/α,β-unsaturated/α-hetero) is 2. The molecular formula is C42H54N8O7. The number of aromatic nitrogens is 2. The number of aromatic amines is 2. The van der Waals surface area contributed by atoms with Crippen molar-refractivity contribution in [1.29, 1.82) is 0 Å². The van der Waals surface area contributed by atoms with Crippen LogP contribution in [0.25, 0.3) is 11.0 Å². The van der Waals surface area contributed by atoms with Crippen LogP contribution in [0.2, 0.25) is 0 Å². The van der Waals surface area contributed by atoms with E-state index in [-0.39, 0.29) is 40.6 Å². The summed E-state index contributed by atoms with van der Waals surface area (Å²) in [4.78, 5) is 86.5. The van der Waals surface area contributed by atoms with Crippen LogP contribution < -0.4 is 16.3 Å². The van der Waals surface area contributed by atoms with Gasteiger partial charge in [-0.05, 0) is 120 Å². The molecule has 3 aromatic carbocycles. The van der Waals surface area contributed by atoms with Crippen LogP contribution in [0.4, 0.5) is 17.1 Å². The molecule has 4 aromatic rings. The van der Waals surface area contributed by atoms with Crippen molar-refractivity contribution in [2.45, 2.75) is 72.8 Å². The van der Waals surface area contributed by atoms with Gasteiger partial charge in [0.1, 0.15) is 0 Å². The number of esters is 1. The van der Waals surface area contributed by atoms with E-state index in [4.69, 9.17) is 4.74 Å². The average Bonchev–Trinajstić information content (AvgIpc) is 3.58. The molecule has 0 aliphatic rings. The number of nitrogens with zero attached hydrogens (tertiary/aromatic N) is 4. The van der Waals surface area contributed by atoms with Gasteiger partial charge < -0.3 is 35.1 Å². The number of fused-ring (bicyclic) bond motifs is 1. The lowest BCUT2D eigenvalue weighted by Crippen LogP contribution is -2.31. The number of imidazole rings is 1. The molecule has 304 valence electrons. The number of hydrogen-bond donors (Lipinski definition) is 4. The van der Waals surface area contributed by atoms with E-state index in [1.165, 1.54) is 43.3 Å². The fraction of sp³-hybridized carbons (Fsp3) is 0.429. The van der Waals surface area contributed by atoms with Crippen LogP contribution >= 0.6 is 0 Å². The van der Waals surface area contributed by atoms with E-state index in [0.717, 1.165) is 52.1 Å². The van der Waals surface area contributed by atoms with Crippen molar-refractivity contribution in [3.8, 4) is 0 Å². The summed E-state index contributed by atoms with van der Waals surface area (Å²) in [5, 5.41) is 13.4. The first kappa shape index (κ1) is 43.9. The zero-order valence-electron chi connectivity index (χ0n) is 33.5. The number of rotatable bonds is 23. The number of carbonyl (C=O) groups excluding carboxylic acids is 5. The number of unbranched alkanes of at least 4 members (excludes halogenated alkanes) is 2. The largest absolute Gasteiger partial charge is 0.462 e. The maximum Gasteiger partial charge on any atom is 0.338 e. The molecule has 0 spiro atoms. The van der Waals surface area contributed by atoms with Gasteiger partial charge in [-0.15, -0.1) is 0 Å². The zero-order chi connectivity index (χ0) is 41.3. The first-order chi connectivity index (χ1) is 27.4. The molecule has 15 heteroatoms. The second-order valence-electron chi connectivity index (χ2n) is 13.6. The van der Waals surface area contributed by atoms with Gasteiger partial charge >= 0.3 is 11.7 Å². The van der Waals surface area contributed by atoms with Crippen LogP contribution in [-0.4, -0.2) is 101 Å². The molecule has 1 heterocycles. The first-order valence-electron chi connectivity index (χ1n) is 19.6. The highest BCUT2D eigenvalue weighted by atomic mass is 16.5. The first-order valence-corrected chi connectivity index (χ1v) is 19.6. The highest BCUT2D eigenvalue weighted by Crippen LogP contribution is 2.22. The third kappa shape index (κ3) is 13.4. The lowest BCUT2D eigenvalue weighted by molar-refractivity contribution is -0.126. The van der Waals surface area contributed by atoms with Gasteiger partial charge in [0.15, 0.2) is 11.6 Å². The maximum atomic E-state index is 13.4. The molecule has 1 aromatic heterocycles. The summed E-state index contributed by atoms with van der Waals surface area (Å²) in [5.74, 6) is -2.46. The minimum absolute atomic E-state index is 0.130. The van der Waals surface area contributed by atoms with E-state index in [0.29, 0.717) is 41.5 Å². The second-order valence-corrected chi connectivity index (χ2v) is 13.6. The lowest BCUT2D eigenvalue weighted by atomic mass is 10.0. The highest BCUT2D eigenvalue weighted by molar-refractivity contribution is 6.10. The Morgan fingerprint density at radius 3 is 2.02 bits per heavy atom. The molecule has 0 radical (unpaired) electrons. The van der Waals surface area contributed by atoms with Crippen LogP contribution in [0, 0.1) is 0 Å². The Hall–Kier alpha value is -5.80. The number of H-pyrrole nitrogens is 2. The topological polar surface area (TPSA) is 198 Å². The van der Waals surface area contributed by atoms with Crippen molar-refractivity contribution >= 4 is 57.4 Å². The Morgan fingerprint density at radius 1 is 0.702 bits per heavy atom. The number of amides is 2. The van der Waals surface area contributed by atoms with E-state index in [1.54, 1.807) is 24.3 Å². The number of nitrogens with one attached hydrogen (secondary N) is 4. The standard InChI is InChI=1S/C42H54N8O7/c1-6-49(7-2)21-12-10-11-14-37(52)30-24-31(41(55)57-23-13-22-50(8-3)9-4)26-34(25-30)44-39(53)29-15-17-32(18-16-29)47-48-38(28(5)51)40(54)43-33-19-20-35-36(27-33)46-42(56)45-35/h15-20,24-27,38H,6-14,21-23H2,1-5H3,(H,43,54)(H,44,53)(H2,45,46,56). The third-order valence-electron chi connectivity index (χ3n) is 9.60. The second kappa shape index (κ2) is 22.1. The summed E-state index contributed by atoms with van der Waals surface area (Å²) >= 11 is 0. The molecule has 0 saturated heterocycles. The van der Waals surface area contributed by atoms with E-state index < -0.39 is 29.6 Å². The number of carbonyl (C=O) groups is 5. The molecule has 2 amide bonds. The Labute approximate surface area is 332 Å². The van der Waals surface area contributed by atoms with Crippen molar-refractivity contribution in [2.24, 2.45) is 10.2 Å². The fourth-order valence-corrected chi connectivity index (χ4v) is 6.18. The Kier molecular flexibility index (Phi) is 17.0. The number of azo groups is 1. The summed E-state index contributed by atoms with van der Waals surface area (Å²) in [6.07, 6.45) is 3.56. The maximum absolute atomic E-state index is 13.4. The van der Waals surface area contributed by atoms with Crippen molar-refractivity contribution < 1.29 is 28.7 Å². The van der Waals surface area contributed by atoms with Gasteiger partial charge in [-0.2, -0.15) is 10.2 Å². The highest BCUT2D eigenvalue weighted by Gasteiger charge is 2.23. The Balaban J connectivity index is 1.43. The van der Waals surface area contributed by atoms with Crippen LogP contribution in [0.5, 0.6) is 0 Å². The summed E-state index contributed by atoms with van der Waals surface area (Å²) in [7, 11) is 0. The van der Waals surface area contributed by atoms with Crippen molar-refractivity contribution in [2.75, 3.05) is 56.5 Å². The molecule has 0 saturated carbocycles. The molecule has 0 bridgehead atoms. The molecule has 4 N–H and O–H groups in total. The predicted molar refractivity (Wildman–Crippen MR) is 221 cm³/mol. The SMILES string of the molecule is CCN(CC)CCCCCC(=O)c1cc(NC(=O)c2ccc(N=NC(C(C)=O)C(=O)Nc3ccc4[nH]c(=O)[nH]c4c3)cc2)cc(C(=O)OCCCN(CC)CC)c1. The lowest BCUT2D eigenvalue weighted by Gasteiger charge is -2.17. The van der Waals surface area contributed by atoms with Crippen LogP contribution in [0.15, 0.2) is 75.7 Å². The average molecular weight is 783 g/mol. The van der Waals surface area contributed by atoms with Crippen LogP contribution in [-0.2, 0) is 14.3 Å². The van der Waals surface area contributed by atoms with Gasteiger partial charge in [0.25, 0.3) is 11.8 Å². The van der Waals surface area contributed by atoms with Gasteiger partial charge in [0, 0.05) is 35.5 Å². The number of anilines is 2. The molecule has 15 nitrogen and oxygen atoms in total. The number of benzene rings is 3. The number of hydrogen-bond acceptors (Lipinski definition) is 11. The van der Waals surface area contributed by atoms with Crippen LogP contribution in [0.1, 0.15) is 97.8 Å². The molecular weight excluding hydrogens is 729 g/mol. The Morgan fingerprint density at radius 2 is 1.35 bits per heavy atom. The van der Waals surface area contributed by atoms with E-state index in [1.807, 2.05) is 0 Å². The normalized spacial score (nSPS) is 12.0. The predicted octanol–water partition coefficient (Wildman–Crippen LogP) is 6.76. The zero-order valence-corrected chi connectivity index (χ0v) is 33.5. The molecule has 1 atom stereocenters. The van der Waals surface area contributed by atoms with Gasteiger partial charge in [-0.3, -0.25) is 19.2 Å². The van der Waals surface area contributed by atoms with E-state index in [2.05, 4.69) is 68.3 Å². The van der Waals surface area contributed by atoms with Crippen molar-refractivity contribution in [3.05, 3.63) is 87.8 Å². The quantitative estimate of drug-likeness (QED) is 0.0206. The minimum atomic E-state index is -1.44. The fourth-order valence-electron chi connectivity index (χ4n) is 6.18. The van der Waals surface area contributed by atoms with Gasteiger partial charge in [-0.1, -0.05) is 34.1 Å². The van der Waals surface area contributed by atoms with Crippen molar-refractivity contribution in [3.63, 3.8) is 0 Å². The summed E-state index contributed by atoms with van der Waals surface area (Å²) in [6.45, 7) is 15.4. The van der Waals surface area contributed by atoms with Gasteiger partial charge in [0.2, 0.25) is 6.04 Å². The molecule has 0 fully saturated rings. The number of ether oxygens (including phenoxy) is 1. The minimum Gasteiger partial charge on any atom is -0.462 e. The molecule has 4 rings (SSSR count). The van der Waals surface area contributed by atoms with E-state index >= 15 is 0 Å². The van der Waals surface area contributed by atoms with Gasteiger partial charge in [-0.25, -0.2) is 9.59 Å². The third-order valence-corrected chi connectivity index (χ3v) is 9.60. The molecule has 0 aliphatic carbocycles. The monoisotopic (exact) mass is 782 g/mol. The van der Waals surface area contributed by atoms with Crippen LogP contribution in [0.3, 0.4) is 0 Å².